The number of anilines is 1. The zero-order chi connectivity index (χ0) is 22.1. The van der Waals surface area contributed by atoms with E-state index in [9.17, 15) is 4.79 Å². The first kappa shape index (κ1) is 19.7. The fourth-order valence-corrected chi connectivity index (χ4v) is 3.54. The lowest BCUT2D eigenvalue weighted by Crippen LogP contribution is -2.12. The van der Waals surface area contributed by atoms with E-state index in [0.717, 1.165) is 29.0 Å². The number of aryl methyl sites for hydroxylation is 2. The van der Waals surface area contributed by atoms with E-state index in [0.29, 0.717) is 28.5 Å². The van der Waals surface area contributed by atoms with Crippen molar-refractivity contribution >= 4 is 17.2 Å². The van der Waals surface area contributed by atoms with Crippen LogP contribution in [-0.2, 0) is 6.42 Å². The highest BCUT2D eigenvalue weighted by Crippen LogP contribution is 2.24. The first-order valence-corrected chi connectivity index (χ1v) is 10.4. The molecule has 0 fully saturated rings. The lowest BCUT2D eigenvalue weighted by Gasteiger charge is -2.09. The minimum atomic E-state index is -0.143. The van der Waals surface area contributed by atoms with Gasteiger partial charge in [0.2, 0.25) is 5.82 Å². The van der Waals surface area contributed by atoms with Gasteiger partial charge in [0, 0.05) is 16.8 Å². The van der Waals surface area contributed by atoms with E-state index in [2.05, 4.69) is 22.4 Å². The van der Waals surface area contributed by atoms with E-state index in [1.54, 1.807) is 4.52 Å². The van der Waals surface area contributed by atoms with Gasteiger partial charge in [0.15, 0.2) is 11.4 Å². The second-order valence-corrected chi connectivity index (χ2v) is 7.51. The van der Waals surface area contributed by atoms with Gasteiger partial charge in [-0.3, -0.25) is 4.79 Å². The minimum Gasteiger partial charge on any atom is -0.458 e. The Labute approximate surface area is 184 Å². The third-order valence-electron chi connectivity index (χ3n) is 5.24. The highest BCUT2D eigenvalue weighted by molar-refractivity contribution is 6.04. The van der Waals surface area contributed by atoms with Crippen LogP contribution in [0, 0.1) is 6.92 Å². The summed E-state index contributed by atoms with van der Waals surface area (Å²) in [6, 6.07) is 22.7. The Bertz CT molecular complexity index is 1430. The SMILES string of the molecule is CCc1cccc(C(=O)Nc2cccc(-c3ccc4nnc(-c5ccc(C)o5)n4n3)c2)c1. The molecule has 1 N–H and O–H groups in total. The van der Waals surface area contributed by atoms with Gasteiger partial charge < -0.3 is 9.73 Å². The van der Waals surface area contributed by atoms with Gasteiger partial charge in [0.05, 0.1) is 5.69 Å². The molecule has 0 saturated heterocycles. The molecule has 0 spiro atoms. The van der Waals surface area contributed by atoms with E-state index in [4.69, 9.17) is 9.52 Å². The molecule has 0 radical (unpaired) electrons. The zero-order valence-corrected chi connectivity index (χ0v) is 17.7. The molecule has 32 heavy (non-hydrogen) atoms. The van der Waals surface area contributed by atoms with Gasteiger partial charge in [-0.1, -0.05) is 31.2 Å². The summed E-state index contributed by atoms with van der Waals surface area (Å²) in [5, 5.41) is 16.1. The number of carbonyl (C=O) groups is 1. The Hall–Kier alpha value is -4.26. The second kappa shape index (κ2) is 8.11. The second-order valence-electron chi connectivity index (χ2n) is 7.51. The van der Waals surface area contributed by atoms with Gasteiger partial charge in [-0.25, -0.2) is 0 Å². The Kier molecular flexibility index (Phi) is 4.99. The number of aromatic nitrogens is 4. The van der Waals surface area contributed by atoms with Crippen molar-refractivity contribution in [1.82, 2.24) is 19.8 Å². The van der Waals surface area contributed by atoms with E-state index >= 15 is 0 Å². The number of hydrogen-bond donors (Lipinski definition) is 1. The lowest BCUT2D eigenvalue weighted by molar-refractivity contribution is 0.102. The molecule has 3 aromatic heterocycles. The van der Waals surface area contributed by atoms with Crippen LogP contribution >= 0.6 is 0 Å². The predicted molar refractivity (Wildman–Crippen MR) is 122 cm³/mol. The van der Waals surface area contributed by atoms with Crippen molar-refractivity contribution in [3.05, 3.63) is 89.7 Å². The smallest absolute Gasteiger partial charge is 0.255 e. The lowest BCUT2D eigenvalue weighted by atomic mass is 10.1. The molecule has 5 rings (SSSR count). The number of amides is 1. The van der Waals surface area contributed by atoms with Crippen LogP contribution in [0.15, 0.2) is 77.2 Å². The fourth-order valence-electron chi connectivity index (χ4n) is 3.54. The van der Waals surface area contributed by atoms with Gasteiger partial charge in [0.25, 0.3) is 5.91 Å². The average Bonchev–Trinajstić information content (AvgIpc) is 3.44. The van der Waals surface area contributed by atoms with Crippen LogP contribution in [0.3, 0.4) is 0 Å². The van der Waals surface area contributed by atoms with Crippen LogP contribution < -0.4 is 5.32 Å². The highest BCUT2D eigenvalue weighted by atomic mass is 16.3. The summed E-state index contributed by atoms with van der Waals surface area (Å²) in [4.78, 5) is 12.7. The summed E-state index contributed by atoms with van der Waals surface area (Å²) in [7, 11) is 0. The highest BCUT2D eigenvalue weighted by Gasteiger charge is 2.14. The normalized spacial score (nSPS) is 11.1. The molecule has 0 saturated carbocycles. The van der Waals surface area contributed by atoms with E-state index in [-0.39, 0.29) is 5.91 Å². The number of furan rings is 1. The Balaban J connectivity index is 1.45. The number of carbonyl (C=O) groups excluding carboxylic acids is 1. The van der Waals surface area contributed by atoms with E-state index < -0.39 is 0 Å². The molecule has 2 aromatic carbocycles. The number of fused-ring (bicyclic) bond motifs is 1. The van der Waals surface area contributed by atoms with Crippen molar-refractivity contribution in [1.29, 1.82) is 0 Å². The summed E-state index contributed by atoms with van der Waals surface area (Å²) in [6.45, 7) is 3.95. The number of hydrogen-bond acceptors (Lipinski definition) is 5. The predicted octanol–water partition coefficient (Wildman–Crippen LogP) is 5.17. The molecule has 158 valence electrons. The number of benzene rings is 2. The van der Waals surface area contributed by atoms with Crippen molar-refractivity contribution in [2.75, 3.05) is 5.32 Å². The van der Waals surface area contributed by atoms with E-state index in [1.807, 2.05) is 79.7 Å². The average molecular weight is 423 g/mol. The van der Waals surface area contributed by atoms with Crippen LogP contribution in [0.1, 0.15) is 28.6 Å². The molecule has 0 aliphatic heterocycles. The summed E-state index contributed by atoms with van der Waals surface area (Å²) in [5.41, 5.74) is 4.67. The molecule has 5 aromatic rings. The molecule has 3 heterocycles. The maximum Gasteiger partial charge on any atom is 0.255 e. The van der Waals surface area contributed by atoms with Crippen LogP contribution in [-0.4, -0.2) is 25.7 Å². The third-order valence-corrected chi connectivity index (χ3v) is 5.24. The Morgan fingerprint density at radius 3 is 2.69 bits per heavy atom. The van der Waals surface area contributed by atoms with Crippen molar-refractivity contribution in [3.63, 3.8) is 0 Å². The Morgan fingerprint density at radius 1 is 1.00 bits per heavy atom. The van der Waals surface area contributed by atoms with E-state index in [1.165, 1.54) is 0 Å². The monoisotopic (exact) mass is 423 g/mol. The van der Waals surface area contributed by atoms with Crippen LogP contribution in [0.2, 0.25) is 0 Å². The van der Waals surface area contributed by atoms with Crippen molar-refractivity contribution in [2.45, 2.75) is 20.3 Å². The van der Waals surface area contributed by atoms with Crippen molar-refractivity contribution < 1.29 is 9.21 Å². The molecular formula is C25H21N5O2. The van der Waals surface area contributed by atoms with Gasteiger partial charge >= 0.3 is 0 Å². The summed E-state index contributed by atoms with van der Waals surface area (Å²) >= 11 is 0. The molecule has 7 heteroatoms. The molecule has 0 aliphatic rings. The van der Waals surface area contributed by atoms with Crippen molar-refractivity contribution in [3.8, 4) is 22.8 Å². The fraction of sp³-hybridized carbons (Fsp3) is 0.120. The quantitative estimate of drug-likeness (QED) is 0.421. The number of nitrogens with zero attached hydrogens (tertiary/aromatic N) is 4. The molecule has 1 amide bonds. The molecule has 7 nitrogen and oxygen atoms in total. The third kappa shape index (κ3) is 3.76. The largest absolute Gasteiger partial charge is 0.458 e. The molecule has 0 aliphatic carbocycles. The number of rotatable bonds is 5. The standard InChI is InChI=1S/C25H21N5O2/c1-3-17-6-4-8-19(14-17)25(31)26-20-9-5-7-18(15-20)21-11-13-23-27-28-24(30(23)29-21)22-12-10-16(2)32-22/h4-15H,3H2,1-2H3,(H,26,31). The number of nitrogens with one attached hydrogen (secondary N) is 1. The maximum atomic E-state index is 12.7. The Morgan fingerprint density at radius 2 is 1.88 bits per heavy atom. The topological polar surface area (TPSA) is 85.3 Å². The summed E-state index contributed by atoms with van der Waals surface area (Å²) < 4.78 is 7.35. The molecular weight excluding hydrogens is 402 g/mol. The molecule has 0 atom stereocenters. The van der Waals surface area contributed by atoms with Gasteiger partial charge in [0.1, 0.15) is 5.76 Å². The van der Waals surface area contributed by atoms with Gasteiger partial charge in [-0.05, 0) is 67.4 Å². The summed E-state index contributed by atoms with van der Waals surface area (Å²) in [6.07, 6.45) is 0.882. The minimum absolute atomic E-state index is 0.143. The first-order chi connectivity index (χ1) is 15.6. The van der Waals surface area contributed by atoms with Crippen LogP contribution in [0.4, 0.5) is 5.69 Å². The molecule has 0 bridgehead atoms. The summed E-state index contributed by atoms with van der Waals surface area (Å²) in [5.74, 6) is 1.79. The first-order valence-electron chi connectivity index (χ1n) is 10.4. The van der Waals surface area contributed by atoms with Gasteiger partial charge in [-0.15, -0.1) is 10.2 Å². The zero-order valence-electron chi connectivity index (χ0n) is 17.7. The van der Waals surface area contributed by atoms with Crippen LogP contribution in [0.25, 0.3) is 28.5 Å². The molecule has 0 unspecified atom stereocenters. The van der Waals surface area contributed by atoms with Crippen LogP contribution in [0.5, 0.6) is 0 Å². The van der Waals surface area contributed by atoms with Gasteiger partial charge in [-0.2, -0.15) is 9.61 Å². The maximum absolute atomic E-state index is 12.7. The van der Waals surface area contributed by atoms with Crippen molar-refractivity contribution in [2.24, 2.45) is 0 Å².